The standard InChI is InChI=1S/C20H22N4O/c1-2-19(17-11-21-13-23-20(17)25)24-9-7-14(8-10-24)16-12-22-18-6-4-3-5-15(16)18/h2-6,11-14,19,22H,1,7-10H2,(H,21,23,25). The van der Waals surface area contributed by atoms with Crippen molar-refractivity contribution in [2.45, 2.75) is 24.8 Å². The minimum atomic E-state index is -0.0846. The minimum Gasteiger partial charge on any atom is -0.361 e. The zero-order valence-corrected chi connectivity index (χ0v) is 14.1. The smallest absolute Gasteiger partial charge is 0.255 e. The number of fused-ring (bicyclic) bond motifs is 1. The molecular formula is C20H22N4O. The molecule has 1 aliphatic rings. The van der Waals surface area contributed by atoms with E-state index in [1.165, 1.54) is 22.8 Å². The molecule has 1 aliphatic heterocycles. The van der Waals surface area contributed by atoms with Crippen LogP contribution < -0.4 is 5.56 Å². The summed E-state index contributed by atoms with van der Waals surface area (Å²) in [4.78, 5) is 24.5. The van der Waals surface area contributed by atoms with Gasteiger partial charge in [-0.25, -0.2) is 4.98 Å². The molecule has 0 spiro atoms. The van der Waals surface area contributed by atoms with Crippen LogP contribution in [-0.2, 0) is 0 Å². The number of piperidine rings is 1. The molecule has 1 aromatic carbocycles. The first-order valence-corrected chi connectivity index (χ1v) is 8.73. The number of H-pyrrole nitrogens is 2. The summed E-state index contributed by atoms with van der Waals surface area (Å²) in [5.74, 6) is 0.546. The van der Waals surface area contributed by atoms with E-state index in [1.54, 1.807) is 6.20 Å². The van der Waals surface area contributed by atoms with E-state index in [0.29, 0.717) is 11.5 Å². The molecule has 5 nitrogen and oxygen atoms in total. The zero-order chi connectivity index (χ0) is 17.2. The van der Waals surface area contributed by atoms with E-state index < -0.39 is 0 Å². The van der Waals surface area contributed by atoms with Crippen LogP contribution in [-0.4, -0.2) is 32.9 Å². The summed E-state index contributed by atoms with van der Waals surface area (Å²) in [5, 5.41) is 1.32. The van der Waals surface area contributed by atoms with E-state index in [1.807, 2.05) is 6.08 Å². The fourth-order valence-corrected chi connectivity index (χ4v) is 3.96. The first-order valence-electron chi connectivity index (χ1n) is 8.73. The van der Waals surface area contributed by atoms with E-state index >= 15 is 0 Å². The average molecular weight is 334 g/mol. The number of para-hydroxylation sites is 1. The Morgan fingerprint density at radius 3 is 2.80 bits per heavy atom. The predicted molar refractivity (Wildman–Crippen MR) is 99.6 cm³/mol. The number of hydrogen-bond donors (Lipinski definition) is 2. The molecule has 0 bridgehead atoms. The molecule has 1 fully saturated rings. The molecule has 1 unspecified atom stereocenters. The maximum atomic E-state index is 12.1. The van der Waals surface area contributed by atoms with Crippen molar-refractivity contribution in [1.29, 1.82) is 0 Å². The average Bonchev–Trinajstić information content (AvgIpc) is 3.09. The second-order valence-corrected chi connectivity index (χ2v) is 6.62. The van der Waals surface area contributed by atoms with Crippen molar-refractivity contribution >= 4 is 10.9 Å². The lowest BCUT2D eigenvalue weighted by atomic mass is 9.88. The van der Waals surface area contributed by atoms with Gasteiger partial charge in [-0.2, -0.15) is 0 Å². The SMILES string of the molecule is C=CC(c1cnc[nH]c1=O)N1CCC(c2c[nH]c3ccccc23)CC1. The molecule has 2 aromatic heterocycles. The number of aromatic amines is 2. The molecular weight excluding hydrogens is 312 g/mol. The van der Waals surface area contributed by atoms with Crippen molar-refractivity contribution in [3.63, 3.8) is 0 Å². The van der Waals surface area contributed by atoms with Gasteiger partial charge in [-0.3, -0.25) is 9.69 Å². The number of rotatable bonds is 4. The van der Waals surface area contributed by atoms with Crippen molar-refractivity contribution in [2.75, 3.05) is 13.1 Å². The van der Waals surface area contributed by atoms with E-state index in [4.69, 9.17) is 0 Å². The third-order valence-corrected chi connectivity index (χ3v) is 5.27. The van der Waals surface area contributed by atoms with Gasteiger partial charge in [0.25, 0.3) is 5.56 Å². The molecule has 0 aliphatic carbocycles. The number of hydrogen-bond acceptors (Lipinski definition) is 3. The Balaban J connectivity index is 1.52. The first kappa shape index (κ1) is 15.8. The molecule has 2 N–H and O–H groups in total. The van der Waals surface area contributed by atoms with Crippen LogP contribution in [0.3, 0.4) is 0 Å². The summed E-state index contributed by atoms with van der Waals surface area (Å²) < 4.78 is 0. The highest BCUT2D eigenvalue weighted by Gasteiger charge is 2.27. The van der Waals surface area contributed by atoms with Gasteiger partial charge in [0.05, 0.1) is 17.9 Å². The quantitative estimate of drug-likeness (QED) is 0.719. The Morgan fingerprint density at radius 1 is 1.24 bits per heavy atom. The number of nitrogens with zero attached hydrogens (tertiary/aromatic N) is 2. The molecule has 0 radical (unpaired) electrons. The van der Waals surface area contributed by atoms with Gasteiger partial charge in [0.1, 0.15) is 0 Å². The predicted octanol–water partition coefficient (Wildman–Crippen LogP) is 3.36. The van der Waals surface area contributed by atoms with Crippen LogP contribution in [0.1, 0.15) is 35.9 Å². The maximum absolute atomic E-state index is 12.1. The summed E-state index contributed by atoms with van der Waals surface area (Å²) in [5.41, 5.74) is 3.19. The highest BCUT2D eigenvalue weighted by Crippen LogP contribution is 2.35. The third kappa shape index (κ3) is 2.91. The molecule has 3 heterocycles. The number of nitrogens with one attached hydrogen (secondary N) is 2. The Hall–Kier alpha value is -2.66. The van der Waals surface area contributed by atoms with Crippen molar-refractivity contribution in [2.24, 2.45) is 0 Å². The van der Waals surface area contributed by atoms with Gasteiger partial charge < -0.3 is 9.97 Å². The lowest BCUT2D eigenvalue weighted by Crippen LogP contribution is -2.37. The Bertz CT molecular complexity index is 934. The van der Waals surface area contributed by atoms with Crippen LogP contribution in [0.2, 0.25) is 0 Å². The Labute approximate surface area is 146 Å². The number of benzene rings is 1. The molecule has 0 saturated carbocycles. The number of likely N-dealkylation sites (tertiary alicyclic amines) is 1. The molecule has 5 heteroatoms. The van der Waals surface area contributed by atoms with Crippen LogP contribution in [0.25, 0.3) is 10.9 Å². The van der Waals surface area contributed by atoms with Crippen LogP contribution in [0, 0.1) is 0 Å². The van der Waals surface area contributed by atoms with Crippen molar-refractivity contribution in [3.05, 3.63) is 77.1 Å². The van der Waals surface area contributed by atoms with Crippen LogP contribution >= 0.6 is 0 Å². The largest absolute Gasteiger partial charge is 0.361 e. The van der Waals surface area contributed by atoms with Crippen LogP contribution in [0.5, 0.6) is 0 Å². The molecule has 1 atom stereocenters. The molecule has 128 valence electrons. The van der Waals surface area contributed by atoms with E-state index in [2.05, 4.69) is 56.9 Å². The lowest BCUT2D eigenvalue weighted by molar-refractivity contribution is 0.177. The monoisotopic (exact) mass is 334 g/mol. The van der Waals surface area contributed by atoms with Gasteiger partial charge >= 0.3 is 0 Å². The zero-order valence-electron chi connectivity index (χ0n) is 14.1. The summed E-state index contributed by atoms with van der Waals surface area (Å²) in [6.45, 7) is 5.82. The molecule has 3 aromatic rings. The van der Waals surface area contributed by atoms with Gasteiger partial charge in [0.15, 0.2) is 0 Å². The topological polar surface area (TPSA) is 64.8 Å². The van der Waals surface area contributed by atoms with Gasteiger partial charge in [-0.15, -0.1) is 6.58 Å². The second kappa shape index (κ2) is 6.69. The Morgan fingerprint density at radius 2 is 2.04 bits per heavy atom. The van der Waals surface area contributed by atoms with E-state index in [-0.39, 0.29) is 11.6 Å². The normalized spacial score (nSPS) is 17.6. The third-order valence-electron chi connectivity index (χ3n) is 5.27. The van der Waals surface area contributed by atoms with Gasteiger partial charge in [-0.05, 0) is 43.5 Å². The minimum absolute atomic E-state index is 0.0821. The van der Waals surface area contributed by atoms with Gasteiger partial charge in [-0.1, -0.05) is 24.3 Å². The first-order chi connectivity index (χ1) is 12.3. The Kier molecular flexibility index (Phi) is 4.24. The molecule has 1 saturated heterocycles. The summed E-state index contributed by atoms with van der Waals surface area (Å²) >= 11 is 0. The molecule has 4 rings (SSSR count). The second-order valence-electron chi connectivity index (χ2n) is 6.62. The highest BCUT2D eigenvalue weighted by molar-refractivity contribution is 5.83. The molecule has 25 heavy (non-hydrogen) atoms. The fraction of sp³-hybridized carbons (Fsp3) is 0.300. The maximum Gasteiger partial charge on any atom is 0.255 e. The van der Waals surface area contributed by atoms with E-state index in [0.717, 1.165) is 25.9 Å². The van der Waals surface area contributed by atoms with Crippen LogP contribution in [0.4, 0.5) is 0 Å². The fourth-order valence-electron chi connectivity index (χ4n) is 3.96. The van der Waals surface area contributed by atoms with Crippen molar-refractivity contribution in [1.82, 2.24) is 19.9 Å². The summed E-state index contributed by atoms with van der Waals surface area (Å²) in [7, 11) is 0. The van der Waals surface area contributed by atoms with Crippen molar-refractivity contribution in [3.8, 4) is 0 Å². The van der Waals surface area contributed by atoms with Gasteiger partial charge in [0.2, 0.25) is 0 Å². The summed E-state index contributed by atoms with van der Waals surface area (Å²) in [6, 6.07) is 8.38. The van der Waals surface area contributed by atoms with Crippen molar-refractivity contribution < 1.29 is 0 Å². The number of aromatic nitrogens is 3. The van der Waals surface area contributed by atoms with E-state index in [9.17, 15) is 4.79 Å². The van der Waals surface area contributed by atoms with Crippen LogP contribution in [0.15, 0.2) is 60.4 Å². The summed E-state index contributed by atoms with van der Waals surface area (Å²) in [6.07, 6.45) is 9.22. The lowest BCUT2D eigenvalue weighted by Gasteiger charge is -2.36. The molecule has 0 amide bonds. The highest BCUT2D eigenvalue weighted by atomic mass is 16.1. The van der Waals surface area contributed by atoms with Gasteiger partial charge in [0, 0.05) is 23.3 Å².